The van der Waals surface area contributed by atoms with Crippen molar-refractivity contribution in [2.24, 2.45) is 0 Å². The number of carbonyl (C=O) groups is 2. The molecule has 0 saturated carbocycles. The van der Waals surface area contributed by atoms with Crippen molar-refractivity contribution in [2.75, 3.05) is 36.5 Å². The van der Waals surface area contributed by atoms with Gasteiger partial charge in [-0.1, -0.05) is 44.2 Å². The third-order valence-corrected chi connectivity index (χ3v) is 8.16. The van der Waals surface area contributed by atoms with E-state index in [1.807, 2.05) is 50.1 Å². The van der Waals surface area contributed by atoms with E-state index in [1.165, 1.54) is 36.4 Å². The molecule has 3 aromatic rings. The number of nitrogens with one attached hydrogen (secondary N) is 1. The summed E-state index contributed by atoms with van der Waals surface area (Å²) in [6.07, 6.45) is 1.49. The first-order valence-electron chi connectivity index (χ1n) is 12.3. The molecule has 10 heteroatoms. The molecule has 0 fully saturated rings. The third kappa shape index (κ3) is 5.07. The fourth-order valence-corrected chi connectivity index (χ4v) is 5.91. The van der Waals surface area contributed by atoms with E-state index in [4.69, 9.17) is 14.2 Å². The van der Waals surface area contributed by atoms with Crippen LogP contribution in [0.5, 0.6) is 11.5 Å². The van der Waals surface area contributed by atoms with Gasteiger partial charge in [-0.3, -0.25) is 9.52 Å². The zero-order valence-corrected chi connectivity index (χ0v) is 22.6. The Kier molecular flexibility index (Phi) is 6.82. The molecular weight excluding hydrogens is 520 g/mol. The summed E-state index contributed by atoms with van der Waals surface area (Å²) in [6.45, 7) is 4.27. The summed E-state index contributed by atoms with van der Waals surface area (Å²) in [5, 5.41) is 0. The number of likely N-dealkylation sites (N-methyl/N-ethyl adjacent to an activating group) is 1. The number of ether oxygens (including phenoxy) is 3. The number of hydrogen-bond donors (Lipinski definition) is 1. The zero-order valence-electron chi connectivity index (χ0n) is 21.8. The summed E-state index contributed by atoms with van der Waals surface area (Å²) >= 11 is 0. The van der Waals surface area contributed by atoms with Gasteiger partial charge < -0.3 is 19.1 Å². The fourth-order valence-electron chi connectivity index (χ4n) is 4.81. The highest BCUT2D eigenvalue weighted by atomic mass is 32.2. The zero-order chi connectivity index (χ0) is 27.8. The van der Waals surface area contributed by atoms with Crippen molar-refractivity contribution in [1.29, 1.82) is 0 Å². The van der Waals surface area contributed by atoms with Crippen LogP contribution < -0.4 is 19.1 Å². The largest absolute Gasteiger partial charge is 0.486 e. The van der Waals surface area contributed by atoms with Gasteiger partial charge in [0.25, 0.3) is 10.0 Å². The van der Waals surface area contributed by atoms with Crippen LogP contribution in [0.2, 0.25) is 0 Å². The number of nitrogens with zero attached hydrogens (tertiary/aromatic N) is 1. The molecule has 0 radical (unpaired) electrons. The molecule has 0 bridgehead atoms. The number of rotatable bonds is 7. The van der Waals surface area contributed by atoms with Gasteiger partial charge in [-0.2, -0.15) is 0 Å². The molecule has 0 aromatic heterocycles. The van der Waals surface area contributed by atoms with Gasteiger partial charge in [0.15, 0.2) is 23.9 Å². The molecule has 0 saturated heterocycles. The normalized spacial score (nSPS) is 16.5. The van der Waals surface area contributed by atoms with Crippen molar-refractivity contribution in [1.82, 2.24) is 0 Å². The molecule has 0 aliphatic carbocycles. The topological polar surface area (TPSA) is 111 Å². The quantitative estimate of drug-likeness (QED) is 0.344. The molecule has 0 amide bonds. The maximum absolute atomic E-state index is 13.1. The van der Waals surface area contributed by atoms with Crippen LogP contribution in [0.25, 0.3) is 0 Å². The maximum Gasteiger partial charge on any atom is 0.340 e. The Morgan fingerprint density at radius 2 is 1.69 bits per heavy atom. The van der Waals surface area contributed by atoms with Crippen LogP contribution in [0, 0.1) is 0 Å². The van der Waals surface area contributed by atoms with E-state index in [0.29, 0.717) is 24.7 Å². The molecule has 1 N–H and O–H groups in total. The van der Waals surface area contributed by atoms with Gasteiger partial charge >= 0.3 is 5.97 Å². The van der Waals surface area contributed by atoms with Crippen molar-refractivity contribution in [2.45, 2.75) is 24.2 Å². The second-order valence-corrected chi connectivity index (χ2v) is 11.4. The van der Waals surface area contributed by atoms with E-state index in [2.05, 4.69) is 4.72 Å². The molecule has 3 aromatic carbocycles. The van der Waals surface area contributed by atoms with Gasteiger partial charge in [-0.05, 0) is 35.9 Å². The molecule has 5 rings (SSSR count). The summed E-state index contributed by atoms with van der Waals surface area (Å²) in [6, 6.07) is 18.2. The molecule has 202 valence electrons. The second kappa shape index (κ2) is 10.1. The number of benzene rings is 3. The summed E-state index contributed by atoms with van der Waals surface area (Å²) in [5.74, 6) is -0.437. The SMILES string of the molecule is CN1C(=CC(=O)COC(=O)c2ccccc2NS(=O)(=O)c2ccc3c(c2)OCCO3)C(C)(C)c2ccccc21. The molecule has 0 spiro atoms. The smallest absolute Gasteiger partial charge is 0.340 e. The van der Waals surface area contributed by atoms with Gasteiger partial charge in [0.05, 0.1) is 16.1 Å². The van der Waals surface area contributed by atoms with Crippen LogP contribution in [0.4, 0.5) is 11.4 Å². The number of sulfonamides is 1. The molecule has 2 aliphatic rings. The monoisotopic (exact) mass is 548 g/mol. The lowest BCUT2D eigenvalue weighted by atomic mass is 9.83. The van der Waals surface area contributed by atoms with Crippen molar-refractivity contribution >= 4 is 33.2 Å². The Balaban J connectivity index is 1.29. The second-order valence-electron chi connectivity index (χ2n) is 9.73. The lowest BCUT2D eigenvalue weighted by Gasteiger charge is -2.23. The molecule has 0 unspecified atom stereocenters. The third-order valence-electron chi connectivity index (χ3n) is 6.80. The lowest BCUT2D eigenvalue weighted by molar-refractivity contribution is -0.117. The number of ketones is 1. The molecule has 2 aliphatic heterocycles. The van der Waals surface area contributed by atoms with E-state index in [0.717, 1.165) is 16.9 Å². The van der Waals surface area contributed by atoms with Crippen LogP contribution in [-0.4, -0.2) is 47.0 Å². The lowest BCUT2D eigenvalue weighted by Crippen LogP contribution is -2.25. The van der Waals surface area contributed by atoms with Crippen LogP contribution in [0.15, 0.2) is 83.4 Å². The van der Waals surface area contributed by atoms with Gasteiger partial charge in [0.2, 0.25) is 0 Å². The molecule has 9 nitrogen and oxygen atoms in total. The minimum absolute atomic E-state index is 0.0233. The highest BCUT2D eigenvalue weighted by Crippen LogP contribution is 2.46. The molecule has 0 atom stereocenters. The van der Waals surface area contributed by atoms with Crippen LogP contribution >= 0.6 is 0 Å². The first-order chi connectivity index (χ1) is 18.6. The maximum atomic E-state index is 13.1. The number of para-hydroxylation sites is 2. The predicted molar refractivity (Wildman–Crippen MR) is 146 cm³/mol. The average molecular weight is 549 g/mol. The van der Waals surface area contributed by atoms with Crippen molar-refractivity contribution in [3.63, 3.8) is 0 Å². The van der Waals surface area contributed by atoms with Gasteiger partial charge in [0.1, 0.15) is 13.2 Å². The molecule has 2 heterocycles. The van der Waals surface area contributed by atoms with E-state index < -0.39 is 28.0 Å². The molecular formula is C29H28N2O7S. The van der Waals surface area contributed by atoms with Gasteiger partial charge in [0, 0.05) is 36.0 Å². The van der Waals surface area contributed by atoms with E-state index in [9.17, 15) is 18.0 Å². The minimum Gasteiger partial charge on any atom is -0.486 e. The Morgan fingerprint density at radius 3 is 2.46 bits per heavy atom. The number of anilines is 2. The number of carbonyl (C=O) groups excluding carboxylic acids is 2. The number of esters is 1. The molecule has 39 heavy (non-hydrogen) atoms. The summed E-state index contributed by atoms with van der Waals surface area (Å²) in [7, 11) is -2.18. The Labute approximate surface area is 227 Å². The fraction of sp³-hybridized carbons (Fsp3) is 0.241. The Morgan fingerprint density at radius 1 is 1.00 bits per heavy atom. The average Bonchev–Trinajstić information content (AvgIpc) is 3.12. The van der Waals surface area contributed by atoms with E-state index >= 15 is 0 Å². The summed E-state index contributed by atoms with van der Waals surface area (Å²) in [5.41, 5.74) is 2.50. The summed E-state index contributed by atoms with van der Waals surface area (Å²) in [4.78, 5) is 27.6. The predicted octanol–water partition coefficient (Wildman–Crippen LogP) is 4.30. The number of hydrogen-bond acceptors (Lipinski definition) is 8. The van der Waals surface area contributed by atoms with Gasteiger partial charge in [-0.15, -0.1) is 0 Å². The highest BCUT2D eigenvalue weighted by Gasteiger charge is 2.38. The van der Waals surface area contributed by atoms with E-state index in [1.54, 1.807) is 12.1 Å². The van der Waals surface area contributed by atoms with E-state index in [-0.39, 0.29) is 21.9 Å². The van der Waals surface area contributed by atoms with Crippen molar-refractivity contribution < 1.29 is 32.2 Å². The van der Waals surface area contributed by atoms with Crippen LogP contribution in [0.1, 0.15) is 29.8 Å². The minimum atomic E-state index is -4.07. The standard InChI is InChI=1S/C29H28N2O7S/c1-29(2)22-9-5-7-11-24(22)31(3)27(29)16-19(32)18-38-28(33)21-8-4-6-10-23(21)30-39(34,35)20-12-13-25-26(17-20)37-15-14-36-25/h4-13,16-17,30H,14-15,18H2,1-3H3. The van der Waals surface area contributed by atoms with Crippen LogP contribution in [-0.2, 0) is 25.0 Å². The van der Waals surface area contributed by atoms with Crippen molar-refractivity contribution in [3.05, 3.63) is 89.6 Å². The van der Waals surface area contributed by atoms with Gasteiger partial charge in [-0.25, -0.2) is 13.2 Å². The number of allylic oxidation sites excluding steroid dienone is 1. The number of fused-ring (bicyclic) bond motifs is 2. The van der Waals surface area contributed by atoms with Crippen molar-refractivity contribution in [3.8, 4) is 11.5 Å². The highest BCUT2D eigenvalue weighted by molar-refractivity contribution is 7.92. The van der Waals surface area contributed by atoms with Crippen LogP contribution in [0.3, 0.4) is 0 Å². The first kappa shape index (κ1) is 26.3. The Hall–Kier alpha value is -4.31. The first-order valence-corrected chi connectivity index (χ1v) is 13.8. The summed E-state index contributed by atoms with van der Waals surface area (Å²) < 4.78 is 44.8. The Bertz CT molecular complexity index is 1590.